The molecule has 0 fully saturated rings. The van der Waals surface area contributed by atoms with Gasteiger partial charge in [-0.1, -0.05) is 24.3 Å². The third-order valence-electron chi connectivity index (χ3n) is 1.73. The number of rotatable bonds is 1. The Balaban J connectivity index is 2.56. The Morgan fingerprint density at radius 2 is 2.18 bits per heavy atom. The smallest absolute Gasteiger partial charge is 0.0981 e. The lowest BCUT2D eigenvalue weighted by Crippen LogP contribution is -2.31. The van der Waals surface area contributed by atoms with Crippen LogP contribution in [0.5, 0.6) is 0 Å². The molecule has 3 atom stereocenters. The van der Waals surface area contributed by atoms with Gasteiger partial charge in [-0.15, -0.1) is 0 Å². The summed E-state index contributed by atoms with van der Waals surface area (Å²) in [7, 11) is 0. The lowest BCUT2D eigenvalue weighted by atomic mass is 10.1. The third-order valence-corrected chi connectivity index (χ3v) is 1.73. The van der Waals surface area contributed by atoms with Crippen molar-refractivity contribution in [2.45, 2.75) is 32.2 Å². The summed E-state index contributed by atoms with van der Waals surface area (Å²) in [6.45, 7) is 3.82. The third kappa shape index (κ3) is 2.17. The number of aliphatic hydroxyl groups is 1. The van der Waals surface area contributed by atoms with Crippen LogP contribution < -0.4 is 0 Å². The molecule has 0 aromatic rings. The molecule has 0 aromatic heterocycles. The van der Waals surface area contributed by atoms with Crippen molar-refractivity contribution in [3.63, 3.8) is 0 Å². The molecule has 1 aliphatic rings. The summed E-state index contributed by atoms with van der Waals surface area (Å²) >= 11 is 0. The van der Waals surface area contributed by atoms with E-state index in [4.69, 9.17) is 4.74 Å². The van der Waals surface area contributed by atoms with Crippen molar-refractivity contribution in [2.75, 3.05) is 0 Å². The van der Waals surface area contributed by atoms with Gasteiger partial charge in [-0.3, -0.25) is 0 Å². The first-order chi connectivity index (χ1) is 5.24. The Morgan fingerprint density at radius 1 is 1.45 bits per heavy atom. The Bertz CT molecular complexity index is 172. The van der Waals surface area contributed by atoms with Crippen LogP contribution in [0.3, 0.4) is 0 Å². The van der Waals surface area contributed by atoms with Gasteiger partial charge in [0, 0.05) is 0 Å². The second kappa shape index (κ2) is 3.69. The van der Waals surface area contributed by atoms with Crippen LogP contribution in [0.15, 0.2) is 24.3 Å². The number of ether oxygens (including phenoxy) is 1. The molecule has 2 nitrogen and oxygen atoms in total. The molecular weight excluding hydrogens is 140 g/mol. The SMILES string of the molecule is C/C=C/C1C=C[C@@H](O)[C@H](C)O1. The molecule has 1 aliphatic heterocycles. The second-order valence-corrected chi connectivity index (χ2v) is 2.71. The van der Waals surface area contributed by atoms with Crippen molar-refractivity contribution >= 4 is 0 Å². The van der Waals surface area contributed by atoms with Gasteiger partial charge < -0.3 is 9.84 Å². The van der Waals surface area contributed by atoms with Crippen molar-refractivity contribution < 1.29 is 9.84 Å². The standard InChI is InChI=1S/C9H14O2/c1-3-4-8-5-6-9(10)7(2)11-8/h3-10H,1-2H3/b4-3+/t7-,8?,9+/m0/s1. The van der Waals surface area contributed by atoms with Gasteiger partial charge in [-0.05, 0) is 13.8 Å². The van der Waals surface area contributed by atoms with Gasteiger partial charge in [0.1, 0.15) is 0 Å². The first-order valence-corrected chi connectivity index (χ1v) is 3.88. The summed E-state index contributed by atoms with van der Waals surface area (Å²) in [6, 6.07) is 0. The van der Waals surface area contributed by atoms with E-state index in [1.165, 1.54) is 0 Å². The van der Waals surface area contributed by atoms with Crippen LogP contribution in [-0.4, -0.2) is 23.4 Å². The molecule has 0 bridgehead atoms. The zero-order chi connectivity index (χ0) is 8.27. The number of hydrogen-bond donors (Lipinski definition) is 1. The summed E-state index contributed by atoms with van der Waals surface area (Å²) in [5.74, 6) is 0. The molecule has 1 N–H and O–H groups in total. The zero-order valence-electron chi connectivity index (χ0n) is 6.90. The lowest BCUT2D eigenvalue weighted by molar-refractivity contribution is -0.0292. The highest BCUT2D eigenvalue weighted by molar-refractivity contribution is 5.08. The number of allylic oxidation sites excluding steroid dienone is 1. The van der Waals surface area contributed by atoms with Crippen LogP contribution in [0.1, 0.15) is 13.8 Å². The van der Waals surface area contributed by atoms with Crippen molar-refractivity contribution in [1.29, 1.82) is 0 Å². The van der Waals surface area contributed by atoms with Crippen LogP contribution in [0.2, 0.25) is 0 Å². The van der Waals surface area contributed by atoms with Crippen molar-refractivity contribution in [3.05, 3.63) is 24.3 Å². The maximum atomic E-state index is 9.23. The second-order valence-electron chi connectivity index (χ2n) is 2.71. The average molecular weight is 154 g/mol. The molecule has 0 aliphatic carbocycles. The van der Waals surface area contributed by atoms with E-state index in [2.05, 4.69) is 0 Å². The molecular formula is C9H14O2. The van der Waals surface area contributed by atoms with Crippen LogP contribution in [0.4, 0.5) is 0 Å². The molecule has 0 saturated heterocycles. The van der Waals surface area contributed by atoms with Crippen molar-refractivity contribution in [3.8, 4) is 0 Å². The van der Waals surface area contributed by atoms with E-state index in [1.54, 1.807) is 6.08 Å². The lowest BCUT2D eigenvalue weighted by Gasteiger charge is -2.24. The van der Waals surface area contributed by atoms with Crippen LogP contribution in [0.25, 0.3) is 0 Å². The van der Waals surface area contributed by atoms with Gasteiger partial charge in [-0.2, -0.15) is 0 Å². The van der Waals surface area contributed by atoms with Gasteiger partial charge >= 0.3 is 0 Å². The largest absolute Gasteiger partial charge is 0.386 e. The molecule has 0 radical (unpaired) electrons. The fourth-order valence-corrected chi connectivity index (χ4v) is 1.05. The summed E-state index contributed by atoms with van der Waals surface area (Å²) in [6.07, 6.45) is 7.04. The van der Waals surface area contributed by atoms with E-state index in [1.807, 2.05) is 32.1 Å². The summed E-state index contributed by atoms with van der Waals surface area (Å²) in [5.41, 5.74) is 0. The monoisotopic (exact) mass is 154 g/mol. The van der Waals surface area contributed by atoms with Crippen molar-refractivity contribution in [2.24, 2.45) is 0 Å². The highest BCUT2D eigenvalue weighted by Crippen LogP contribution is 2.12. The van der Waals surface area contributed by atoms with E-state index < -0.39 is 6.10 Å². The van der Waals surface area contributed by atoms with E-state index in [9.17, 15) is 5.11 Å². The van der Waals surface area contributed by atoms with E-state index in [-0.39, 0.29) is 12.2 Å². The highest BCUT2D eigenvalue weighted by Gasteiger charge is 2.19. The Labute approximate surface area is 67.2 Å². The topological polar surface area (TPSA) is 29.5 Å². The van der Waals surface area contributed by atoms with E-state index in [0.717, 1.165) is 0 Å². The molecule has 0 saturated carbocycles. The van der Waals surface area contributed by atoms with Gasteiger partial charge in [0.15, 0.2) is 0 Å². The fraction of sp³-hybridized carbons (Fsp3) is 0.556. The summed E-state index contributed by atoms with van der Waals surface area (Å²) < 4.78 is 5.42. The summed E-state index contributed by atoms with van der Waals surface area (Å²) in [4.78, 5) is 0. The zero-order valence-corrected chi connectivity index (χ0v) is 6.90. The number of aliphatic hydroxyl groups excluding tert-OH is 1. The molecule has 1 heterocycles. The highest BCUT2D eigenvalue weighted by atomic mass is 16.5. The predicted octanol–water partition coefficient (Wildman–Crippen LogP) is 1.27. The maximum absolute atomic E-state index is 9.23. The van der Waals surface area contributed by atoms with Gasteiger partial charge in [0.2, 0.25) is 0 Å². The van der Waals surface area contributed by atoms with Gasteiger partial charge in [-0.25, -0.2) is 0 Å². The molecule has 62 valence electrons. The summed E-state index contributed by atoms with van der Waals surface area (Å²) in [5, 5.41) is 9.23. The first kappa shape index (κ1) is 8.50. The Kier molecular flexibility index (Phi) is 2.85. The normalized spacial score (nSPS) is 38.3. The Morgan fingerprint density at radius 3 is 2.73 bits per heavy atom. The fourth-order valence-electron chi connectivity index (χ4n) is 1.05. The number of hydrogen-bond acceptors (Lipinski definition) is 2. The van der Waals surface area contributed by atoms with Gasteiger partial charge in [0.25, 0.3) is 0 Å². The first-order valence-electron chi connectivity index (χ1n) is 3.88. The minimum Gasteiger partial charge on any atom is -0.386 e. The minimum atomic E-state index is -0.448. The molecule has 1 unspecified atom stereocenters. The molecule has 11 heavy (non-hydrogen) atoms. The average Bonchev–Trinajstić information content (AvgIpc) is 1.98. The van der Waals surface area contributed by atoms with Crippen molar-refractivity contribution in [1.82, 2.24) is 0 Å². The molecule has 1 rings (SSSR count). The molecule has 2 heteroatoms. The predicted molar refractivity (Wildman–Crippen MR) is 44.3 cm³/mol. The van der Waals surface area contributed by atoms with Gasteiger partial charge in [0.05, 0.1) is 18.3 Å². The molecule has 0 spiro atoms. The van der Waals surface area contributed by atoms with Crippen LogP contribution >= 0.6 is 0 Å². The van der Waals surface area contributed by atoms with E-state index >= 15 is 0 Å². The van der Waals surface area contributed by atoms with E-state index in [0.29, 0.717) is 0 Å². The minimum absolute atomic E-state index is 0.0402. The van der Waals surface area contributed by atoms with Crippen LogP contribution in [0, 0.1) is 0 Å². The molecule has 0 amide bonds. The Hall–Kier alpha value is -0.600. The van der Waals surface area contributed by atoms with Crippen LogP contribution in [-0.2, 0) is 4.74 Å². The quantitative estimate of drug-likeness (QED) is 0.576. The molecule has 0 aromatic carbocycles. The maximum Gasteiger partial charge on any atom is 0.0981 e.